The average Bonchev–Trinajstić information content (AvgIpc) is 3.38. The smallest absolute Gasteiger partial charge is 0.280 e. The summed E-state index contributed by atoms with van der Waals surface area (Å²) in [4.78, 5) is 18.9. The van der Waals surface area contributed by atoms with Gasteiger partial charge in [0.1, 0.15) is 0 Å². The summed E-state index contributed by atoms with van der Waals surface area (Å²) in [6.45, 7) is 5.49. The molecule has 1 aliphatic rings. The van der Waals surface area contributed by atoms with E-state index in [9.17, 15) is 4.79 Å². The number of amides is 1. The number of nitrogens with zero attached hydrogens (tertiary/aromatic N) is 6. The third-order valence-corrected chi connectivity index (χ3v) is 5.10. The molecule has 0 radical (unpaired) electrons. The van der Waals surface area contributed by atoms with Crippen LogP contribution in [-0.4, -0.2) is 49.0 Å². The topological polar surface area (TPSA) is 89.9 Å². The van der Waals surface area contributed by atoms with Crippen LogP contribution in [0.3, 0.4) is 0 Å². The quantitative estimate of drug-likeness (QED) is 0.676. The summed E-state index contributed by atoms with van der Waals surface area (Å²) in [6, 6.07) is 7.94. The zero-order valence-corrected chi connectivity index (χ0v) is 16.2. The zero-order chi connectivity index (χ0) is 19.5. The third-order valence-electron chi connectivity index (χ3n) is 5.10. The van der Waals surface area contributed by atoms with Crippen LogP contribution in [0.4, 0.5) is 0 Å². The van der Waals surface area contributed by atoms with Crippen LogP contribution in [0.5, 0.6) is 0 Å². The van der Waals surface area contributed by atoms with E-state index in [-0.39, 0.29) is 11.9 Å². The maximum absolute atomic E-state index is 12.7. The van der Waals surface area contributed by atoms with Crippen LogP contribution in [0.15, 0.2) is 35.0 Å². The fraction of sp³-hybridized carbons (Fsp3) is 0.450. The zero-order valence-electron chi connectivity index (χ0n) is 16.2. The van der Waals surface area contributed by atoms with Crippen LogP contribution in [0.25, 0.3) is 11.6 Å². The van der Waals surface area contributed by atoms with Crippen molar-refractivity contribution in [2.75, 3.05) is 13.1 Å². The first-order valence-electron chi connectivity index (χ1n) is 9.74. The lowest BCUT2D eigenvalue weighted by molar-refractivity contribution is 0.0689. The molecule has 1 saturated heterocycles. The van der Waals surface area contributed by atoms with Crippen molar-refractivity contribution in [3.05, 3.63) is 47.4 Å². The lowest BCUT2D eigenvalue weighted by Crippen LogP contribution is -2.39. The van der Waals surface area contributed by atoms with Gasteiger partial charge in [-0.3, -0.25) is 4.79 Å². The van der Waals surface area contributed by atoms with Crippen molar-refractivity contribution in [1.29, 1.82) is 0 Å². The van der Waals surface area contributed by atoms with Crippen LogP contribution in [0.1, 0.15) is 54.0 Å². The van der Waals surface area contributed by atoms with Gasteiger partial charge in [-0.05, 0) is 38.3 Å². The molecule has 1 aromatic carbocycles. The van der Waals surface area contributed by atoms with Gasteiger partial charge in [-0.2, -0.15) is 4.98 Å². The summed E-state index contributed by atoms with van der Waals surface area (Å²) in [5, 5.41) is 12.4. The lowest BCUT2D eigenvalue weighted by atomic mass is 10.0. The largest absolute Gasteiger partial charge is 0.338 e. The molecule has 28 heavy (non-hydrogen) atoms. The molecule has 3 aromatic rings. The fourth-order valence-electron chi connectivity index (χ4n) is 3.45. The van der Waals surface area contributed by atoms with Gasteiger partial charge in [0, 0.05) is 25.1 Å². The lowest BCUT2D eigenvalue weighted by Gasteiger charge is -2.31. The Labute approximate surface area is 163 Å². The van der Waals surface area contributed by atoms with Crippen molar-refractivity contribution < 1.29 is 9.32 Å². The van der Waals surface area contributed by atoms with Gasteiger partial charge in [-0.15, -0.1) is 5.10 Å². The second kappa shape index (κ2) is 7.92. The monoisotopic (exact) mass is 380 g/mol. The first kappa shape index (κ1) is 18.3. The number of hydrogen-bond donors (Lipinski definition) is 0. The predicted octanol–water partition coefficient (Wildman–Crippen LogP) is 3.07. The summed E-state index contributed by atoms with van der Waals surface area (Å²) >= 11 is 0. The van der Waals surface area contributed by atoms with Gasteiger partial charge in [0.05, 0.1) is 12.2 Å². The molecule has 0 N–H and O–H groups in total. The van der Waals surface area contributed by atoms with E-state index < -0.39 is 0 Å². The van der Waals surface area contributed by atoms with Gasteiger partial charge in [-0.25, -0.2) is 4.68 Å². The number of likely N-dealkylation sites (tertiary alicyclic amines) is 1. The minimum atomic E-state index is 0.0899. The van der Waals surface area contributed by atoms with Crippen LogP contribution in [0.2, 0.25) is 0 Å². The Kier molecular flexibility index (Phi) is 5.18. The standard InChI is InChI=1S/C20H24N6O2/c1-3-4-18-21-19(28-23-18)17-13-26(24-22-17)16-9-11-25(12-10-16)20(27)15-7-5-14(2)6-8-15/h5-8,13,16H,3-4,9-12H2,1-2H3. The summed E-state index contributed by atoms with van der Waals surface area (Å²) in [7, 11) is 0. The van der Waals surface area contributed by atoms with E-state index in [0.717, 1.165) is 36.8 Å². The minimum Gasteiger partial charge on any atom is -0.338 e. The summed E-state index contributed by atoms with van der Waals surface area (Å²) in [5.41, 5.74) is 2.49. The van der Waals surface area contributed by atoms with Gasteiger partial charge >= 0.3 is 0 Å². The number of carbonyl (C=O) groups excluding carboxylic acids is 1. The molecule has 8 nitrogen and oxygen atoms in total. The van der Waals surface area contributed by atoms with E-state index >= 15 is 0 Å². The summed E-state index contributed by atoms with van der Waals surface area (Å²) < 4.78 is 7.13. The van der Waals surface area contributed by atoms with E-state index in [2.05, 4.69) is 27.4 Å². The third kappa shape index (κ3) is 3.81. The number of carbonyl (C=O) groups is 1. The molecule has 8 heteroatoms. The minimum absolute atomic E-state index is 0.0899. The Balaban J connectivity index is 1.38. The molecule has 2 aromatic heterocycles. The normalized spacial score (nSPS) is 15.1. The second-order valence-corrected chi connectivity index (χ2v) is 7.24. The molecule has 3 heterocycles. The first-order valence-corrected chi connectivity index (χ1v) is 9.74. The number of benzene rings is 1. The molecule has 0 spiro atoms. The SMILES string of the molecule is CCCc1noc(-c2cn(C3CCN(C(=O)c4ccc(C)cc4)CC3)nn2)n1. The highest BCUT2D eigenvalue weighted by atomic mass is 16.5. The van der Waals surface area contributed by atoms with Crippen LogP contribution >= 0.6 is 0 Å². The number of aromatic nitrogens is 5. The average molecular weight is 380 g/mol. The summed E-state index contributed by atoms with van der Waals surface area (Å²) in [5.74, 6) is 1.18. The Morgan fingerprint density at radius 3 is 2.68 bits per heavy atom. The molecular formula is C20H24N6O2. The molecule has 0 atom stereocenters. The second-order valence-electron chi connectivity index (χ2n) is 7.24. The molecule has 4 rings (SSSR count). The molecule has 146 valence electrons. The van der Waals surface area contributed by atoms with Gasteiger partial charge in [-0.1, -0.05) is 35.0 Å². The van der Waals surface area contributed by atoms with Crippen molar-refractivity contribution in [2.24, 2.45) is 0 Å². The molecule has 0 bridgehead atoms. The van der Waals surface area contributed by atoms with Crippen LogP contribution in [0, 0.1) is 6.92 Å². The molecule has 1 fully saturated rings. The maximum atomic E-state index is 12.7. The molecule has 0 unspecified atom stereocenters. The predicted molar refractivity (Wildman–Crippen MR) is 103 cm³/mol. The number of hydrogen-bond acceptors (Lipinski definition) is 6. The van der Waals surface area contributed by atoms with Crippen molar-refractivity contribution >= 4 is 5.91 Å². The molecular weight excluding hydrogens is 356 g/mol. The number of aryl methyl sites for hydroxylation is 2. The molecule has 1 aliphatic heterocycles. The van der Waals surface area contributed by atoms with Crippen LogP contribution < -0.4 is 0 Å². The van der Waals surface area contributed by atoms with Gasteiger partial charge in [0.2, 0.25) is 0 Å². The maximum Gasteiger partial charge on any atom is 0.280 e. The van der Waals surface area contributed by atoms with E-state index in [1.807, 2.05) is 47.0 Å². The van der Waals surface area contributed by atoms with Gasteiger partial charge < -0.3 is 9.42 Å². The van der Waals surface area contributed by atoms with Gasteiger partial charge in [0.15, 0.2) is 11.5 Å². The molecule has 0 saturated carbocycles. The van der Waals surface area contributed by atoms with E-state index in [1.54, 1.807) is 0 Å². The number of piperidine rings is 1. The highest BCUT2D eigenvalue weighted by Crippen LogP contribution is 2.24. The molecule has 1 amide bonds. The summed E-state index contributed by atoms with van der Waals surface area (Å²) in [6.07, 6.45) is 5.28. The van der Waals surface area contributed by atoms with Crippen LogP contribution in [-0.2, 0) is 6.42 Å². The van der Waals surface area contributed by atoms with Crippen molar-refractivity contribution in [3.63, 3.8) is 0 Å². The van der Waals surface area contributed by atoms with E-state index in [1.165, 1.54) is 0 Å². The number of rotatable bonds is 5. The Hall–Kier alpha value is -3.03. The Morgan fingerprint density at radius 2 is 1.96 bits per heavy atom. The van der Waals surface area contributed by atoms with E-state index in [0.29, 0.717) is 30.5 Å². The van der Waals surface area contributed by atoms with Gasteiger partial charge in [0.25, 0.3) is 11.8 Å². The fourth-order valence-corrected chi connectivity index (χ4v) is 3.45. The highest BCUT2D eigenvalue weighted by molar-refractivity contribution is 5.94. The highest BCUT2D eigenvalue weighted by Gasteiger charge is 2.26. The van der Waals surface area contributed by atoms with Crippen molar-refractivity contribution in [3.8, 4) is 11.6 Å². The van der Waals surface area contributed by atoms with Crippen molar-refractivity contribution in [1.82, 2.24) is 30.0 Å². The van der Waals surface area contributed by atoms with Crippen molar-refractivity contribution in [2.45, 2.75) is 45.6 Å². The Bertz CT molecular complexity index is 938. The molecule has 0 aliphatic carbocycles. The van der Waals surface area contributed by atoms with E-state index in [4.69, 9.17) is 4.52 Å². The first-order chi connectivity index (χ1) is 13.6. The Morgan fingerprint density at radius 1 is 1.21 bits per heavy atom.